The zero-order valence-corrected chi connectivity index (χ0v) is 11.4. The predicted octanol–water partition coefficient (Wildman–Crippen LogP) is 0.0647. The molecule has 0 amide bonds. The standard InChI is InChI=1S/C10H19N5O2S/c1-3-11-7-5-9-15(2)18(16,17)14-10-6-4-8-12-13-10/h4,6,8,11H,3,5,7,9H2,1-2H3,(H,13,14). The number of aromatic nitrogens is 2. The largest absolute Gasteiger partial charge is 0.317 e. The van der Waals surface area contributed by atoms with Gasteiger partial charge in [0.25, 0.3) is 0 Å². The van der Waals surface area contributed by atoms with E-state index in [4.69, 9.17) is 0 Å². The van der Waals surface area contributed by atoms with Crippen LogP contribution in [-0.4, -0.2) is 49.6 Å². The molecule has 0 saturated carbocycles. The third-order valence-electron chi connectivity index (χ3n) is 2.29. The molecule has 0 spiro atoms. The second-order valence-corrected chi connectivity index (χ2v) is 5.52. The first-order valence-corrected chi connectivity index (χ1v) is 7.22. The van der Waals surface area contributed by atoms with Crippen molar-refractivity contribution in [3.05, 3.63) is 18.3 Å². The molecule has 1 aromatic heterocycles. The van der Waals surface area contributed by atoms with Crippen LogP contribution in [-0.2, 0) is 10.2 Å². The molecule has 8 heteroatoms. The van der Waals surface area contributed by atoms with Gasteiger partial charge in [-0.3, -0.25) is 4.72 Å². The van der Waals surface area contributed by atoms with Crippen molar-refractivity contribution in [2.24, 2.45) is 0 Å². The van der Waals surface area contributed by atoms with Gasteiger partial charge in [0.05, 0.1) is 0 Å². The zero-order valence-electron chi connectivity index (χ0n) is 10.6. The highest BCUT2D eigenvalue weighted by atomic mass is 32.2. The Balaban J connectivity index is 2.47. The van der Waals surface area contributed by atoms with E-state index in [1.165, 1.54) is 17.5 Å². The van der Waals surface area contributed by atoms with E-state index in [9.17, 15) is 8.42 Å². The maximum absolute atomic E-state index is 11.9. The summed E-state index contributed by atoms with van der Waals surface area (Å²) in [5, 5.41) is 10.4. The van der Waals surface area contributed by atoms with E-state index in [0.717, 1.165) is 19.5 Å². The quantitative estimate of drug-likeness (QED) is 0.654. The summed E-state index contributed by atoms with van der Waals surface area (Å²) in [6.45, 7) is 4.13. The van der Waals surface area contributed by atoms with Gasteiger partial charge in [0.15, 0.2) is 5.82 Å². The molecule has 1 heterocycles. The van der Waals surface area contributed by atoms with Crippen molar-refractivity contribution in [2.45, 2.75) is 13.3 Å². The number of nitrogens with one attached hydrogen (secondary N) is 2. The Hall–Kier alpha value is -1.25. The Morgan fingerprint density at radius 2 is 2.22 bits per heavy atom. The molecule has 0 aliphatic heterocycles. The summed E-state index contributed by atoms with van der Waals surface area (Å²) in [5.41, 5.74) is 0. The molecule has 1 aromatic rings. The van der Waals surface area contributed by atoms with E-state index < -0.39 is 10.2 Å². The van der Waals surface area contributed by atoms with Crippen LogP contribution in [0.1, 0.15) is 13.3 Å². The number of anilines is 1. The lowest BCUT2D eigenvalue weighted by molar-refractivity contribution is 0.459. The van der Waals surface area contributed by atoms with Crippen LogP contribution in [0.25, 0.3) is 0 Å². The van der Waals surface area contributed by atoms with Gasteiger partial charge in [-0.15, -0.1) is 5.10 Å². The van der Waals surface area contributed by atoms with E-state index in [0.29, 0.717) is 6.54 Å². The van der Waals surface area contributed by atoms with Gasteiger partial charge in [0.1, 0.15) is 0 Å². The summed E-state index contributed by atoms with van der Waals surface area (Å²) in [6.07, 6.45) is 2.24. The molecule has 0 aromatic carbocycles. The van der Waals surface area contributed by atoms with Crippen LogP contribution < -0.4 is 10.0 Å². The van der Waals surface area contributed by atoms with Crippen LogP contribution in [0.3, 0.4) is 0 Å². The Labute approximate surface area is 108 Å². The normalized spacial score (nSPS) is 11.7. The molecular formula is C10H19N5O2S. The molecule has 0 saturated heterocycles. The molecular weight excluding hydrogens is 254 g/mol. The fraction of sp³-hybridized carbons (Fsp3) is 0.600. The summed E-state index contributed by atoms with van der Waals surface area (Å²) in [6, 6.07) is 3.17. The van der Waals surface area contributed by atoms with Gasteiger partial charge < -0.3 is 5.32 Å². The molecule has 18 heavy (non-hydrogen) atoms. The summed E-state index contributed by atoms with van der Waals surface area (Å²) in [7, 11) is -2.02. The van der Waals surface area contributed by atoms with Gasteiger partial charge in [-0.25, -0.2) is 0 Å². The van der Waals surface area contributed by atoms with Crippen LogP contribution in [0.5, 0.6) is 0 Å². The minimum absolute atomic E-state index is 0.219. The smallest absolute Gasteiger partial charge is 0.302 e. The third-order valence-corrected chi connectivity index (χ3v) is 3.76. The van der Waals surface area contributed by atoms with Crippen LogP contribution in [0, 0.1) is 0 Å². The van der Waals surface area contributed by atoms with E-state index >= 15 is 0 Å². The maximum Gasteiger partial charge on any atom is 0.302 e. The van der Waals surface area contributed by atoms with Crippen LogP contribution in [0.15, 0.2) is 18.3 Å². The zero-order chi connectivity index (χ0) is 13.4. The molecule has 0 atom stereocenters. The molecule has 0 radical (unpaired) electrons. The summed E-state index contributed by atoms with van der Waals surface area (Å²) in [4.78, 5) is 0. The number of hydrogen-bond donors (Lipinski definition) is 2. The third kappa shape index (κ3) is 4.94. The first-order chi connectivity index (χ1) is 8.56. The van der Waals surface area contributed by atoms with Crippen molar-refractivity contribution in [1.29, 1.82) is 0 Å². The van der Waals surface area contributed by atoms with Gasteiger partial charge >= 0.3 is 10.2 Å². The van der Waals surface area contributed by atoms with Crippen molar-refractivity contribution in [2.75, 3.05) is 31.4 Å². The van der Waals surface area contributed by atoms with Gasteiger partial charge in [0, 0.05) is 19.8 Å². The number of rotatable bonds is 8. The van der Waals surface area contributed by atoms with Gasteiger partial charge in [-0.1, -0.05) is 6.92 Å². The second kappa shape index (κ2) is 7.24. The highest BCUT2D eigenvalue weighted by molar-refractivity contribution is 7.90. The molecule has 0 unspecified atom stereocenters. The van der Waals surface area contributed by atoms with Crippen molar-refractivity contribution in [3.63, 3.8) is 0 Å². The Bertz CT molecular complexity index is 437. The molecule has 102 valence electrons. The Morgan fingerprint density at radius 3 is 2.83 bits per heavy atom. The van der Waals surface area contributed by atoms with Crippen molar-refractivity contribution >= 4 is 16.0 Å². The number of nitrogens with zero attached hydrogens (tertiary/aromatic N) is 3. The lowest BCUT2D eigenvalue weighted by atomic mass is 10.4. The fourth-order valence-corrected chi connectivity index (χ4v) is 2.19. The monoisotopic (exact) mass is 273 g/mol. The van der Waals surface area contributed by atoms with Gasteiger partial charge in [0.2, 0.25) is 0 Å². The molecule has 0 aliphatic rings. The van der Waals surface area contributed by atoms with Gasteiger partial charge in [-0.2, -0.15) is 17.8 Å². The van der Waals surface area contributed by atoms with Crippen LogP contribution in [0.2, 0.25) is 0 Å². The average Bonchev–Trinajstić information content (AvgIpc) is 2.35. The molecule has 0 bridgehead atoms. The van der Waals surface area contributed by atoms with Crippen molar-refractivity contribution < 1.29 is 8.42 Å². The highest BCUT2D eigenvalue weighted by Gasteiger charge is 2.17. The Morgan fingerprint density at radius 1 is 1.44 bits per heavy atom. The minimum Gasteiger partial charge on any atom is -0.317 e. The summed E-state index contributed by atoms with van der Waals surface area (Å²) < 4.78 is 27.4. The minimum atomic E-state index is -3.55. The van der Waals surface area contributed by atoms with E-state index in [2.05, 4.69) is 20.2 Å². The second-order valence-electron chi connectivity index (χ2n) is 3.74. The maximum atomic E-state index is 11.9. The topological polar surface area (TPSA) is 87.2 Å². The molecule has 0 fully saturated rings. The number of hydrogen-bond acceptors (Lipinski definition) is 5. The lowest BCUT2D eigenvalue weighted by Gasteiger charge is -2.17. The van der Waals surface area contributed by atoms with E-state index in [-0.39, 0.29) is 5.82 Å². The van der Waals surface area contributed by atoms with Crippen LogP contribution >= 0.6 is 0 Å². The predicted molar refractivity (Wildman–Crippen MR) is 70.4 cm³/mol. The highest BCUT2D eigenvalue weighted by Crippen LogP contribution is 2.05. The first-order valence-electron chi connectivity index (χ1n) is 5.78. The average molecular weight is 273 g/mol. The SMILES string of the molecule is CCNCCCN(C)S(=O)(=O)Nc1cccnn1. The van der Waals surface area contributed by atoms with E-state index in [1.807, 2.05) is 6.92 Å². The van der Waals surface area contributed by atoms with Gasteiger partial charge in [-0.05, 0) is 31.6 Å². The fourth-order valence-electron chi connectivity index (χ4n) is 1.29. The summed E-state index contributed by atoms with van der Waals surface area (Å²) >= 11 is 0. The van der Waals surface area contributed by atoms with Crippen molar-refractivity contribution in [1.82, 2.24) is 19.8 Å². The van der Waals surface area contributed by atoms with Crippen molar-refractivity contribution in [3.8, 4) is 0 Å². The molecule has 2 N–H and O–H groups in total. The van der Waals surface area contributed by atoms with Crippen LogP contribution in [0.4, 0.5) is 5.82 Å². The molecule has 7 nitrogen and oxygen atoms in total. The van der Waals surface area contributed by atoms with E-state index in [1.54, 1.807) is 12.1 Å². The Kier molecular flexibility index (Phi) is 5.96. The lowest BCUT2D eigenvalue weighted by Crippen LogP contribution is -2.34. The molecule has 1 rings (SSSR count). The summed E-state index contributed by atoms with van der Waals surface area (Å²) in [5.74, 6) is 0.219. The molecule has 0 aliphatic carbocycles. The first kappa shape index (κ1) is 14.8.